The van der Waals surface area contributed by atoms with Crippen molar-refractivity contribution in [1.82, 2.24) is 5.32 Å². The first-order valence-electron chi connectivity index (χ1n) is 6.07. The van der Waals surface area contributed by atoms with Crippen molar-refractivity contribution in [1.29, 1.82) is 5.26 Å². The van der Waals surface area contributed by atoms with Crippen LogP contribution in [0.25, 0.3) is 0 Å². The van der Waals surface area contributed by atoms with Gasteiger partial charge < -0.3 is 5.32 Å². The van der Waals surface area contributed by atoms with Crippen molar-refractivity contribution in [3.05, 3.63) is 29.8 Å². The molecule has 2 rings (SSSR count). The Bertz CT molecular complexity index is 614. The predicted molar refractivity (Wildman–Crippen MR) is 69.0 cm³/mol. The number of hydrogen-bond acceptors (Lipinski definition) is 4. The Labute approximate surface area is 112 Å². The average molecular weight is 278 g/mol. The zero-order valence-corrected chi connectivity index (χ0v) is 11.1. The fourth-order valence-electron chi connectivity index (χ4n) is 2.09. The SMILES string of the molecule is N#Cc1ccc(S(=O)(=O)C2CCCCNC2=O)cc1. The van der Waals surface area contributed by atoms with Crippen molar-refractivity contribution in [3.8, 4) is 6.07 Å². The highest BCUT2D eigenvalue weighted by Gasteiger charge is 2.34. The number of amides is 1. The van der Waals surface area contributed by atoms with Crippen LogP contribution in [0.4, 0.5) is 0 Å². The second-order valence-electron chi connectivity index (χ2n) is 4.46. The molecular weight excluding hydrogens is 264 g/mol. The topological polar surface area (TPSA) is 87.0 Å². The van der Waals surface area contributed by atoms with Gasteiger partial charge in [0.1, 0.15) is 5.25 Å². The van der Waals surface area contributed by atoms with E-state index in [0.29, 0.717) is 24.9 Å². The fraction of sp³-hybridized carbons (Fsp3) is 0.385. The molecule has 0 spiro atoms. The van der Waals surface area contributed by atoms with Crippen LogP contribution < -0.4 is 5.32 Å². The van der Waals surface area contributed by atoms with Crippen LogP contribution >= 0.6 is 0 Å². The molecule has 0 bridgehead atoms. The van der Waals surface area contributed by atoms with Crippen LogP contribution in [-0.2, 0) is 14.6 Å². The van der Waals surface area contributed by atoms with Crippen LogP contribution in [0.1, 0.15) is 24.8 Å². The third-order valence-electron chi connectivity index (χ3n) is 3.17. The van der Waals surface area contributed by atoms with E-state index in [1.807, 2.05) is 6.07 Å². The standard InChI is InChI=1S/C13H14N2O3S/c14-9-10-4-6-11(7-5-10)19(17,18)12-3-1-2-8-15-13(12)16/h4-7,12H,1-3,8H2,(H,15,16). The number of sulfone groups is 1. The Balaban J connectivity index is 2.35. The number of carbonyl (C=O) groups excluding carboxylic acids is 1. The summed E-state index contributed by atoms with van der Waals surface area (Å²) >= 11 is 0. The Kier molecular flexibility index (Phi) is 3.86. The third kappa shape index (κ3) is 2.76. The molecule has 1 aromatic carbocycles. The van der Waals surface area contributed by atoms with Gasteiger partial charge in [-0.15, -0.1) is 0 Å². The number of nitrogens with zero attached hydrogens (tertiary/aromatic N) is 1. The number of rotatable bonds is 2. The number of benzene rings is 1. The van der Waals surface area contributed by atoms with Gasteiger partial charge in [-0.1, -0.05) is 0 Å². The molecule has 6 heteroatoms. The molecule has 1 fully saturated rings. The summed E-state index contributed by atoms with van der Waals surface area (Å²) in [7, 11) is -3.68. The number of hydrogen-bond donors (Lipinski definition) is 1. The molecule has 0 saturated carbocycles. The van der Waals surface area contributed by atoms with Gasteiger partial charge in [0.15, 0.2) is 9.84 Å². The third-order valence-corrected chi connectivity index (χ3v) is 5.30. The van der Waals surface area contributed by atoms with Gasteiger partial charge in [-0.25, -0.2) is 8.42 Å². The van der Waals surface area contributed by atoms with E-state index in [-0.39, 0.29) is 4.90 Å². The average Bonchev–Trinajstić information content (AvgIpc) is 2.64. The van der Waals surface area contributed by atoms with Gasteiger partial charge in [0, 0.05) is 6.54 Å². The highest BCUT2D eigenvalue weighted by molar-refractivity contribution is 7.92. The van der Waals surface area contributed by atoms with Crippen LogP contribution in [0.3, 0.4) is 0 Å². The van der Waals surface area contributed by atoms with E-state index < -0.39 is 21.0 Å². The Hall–Kier alpha value is -1.87. The van der Waals surface area contributed by atoms with Crippen molar-refractivity contribution in [3.63, 3.8) is 0 Å². The van der Waals surface area contributed by atoms with Crippen molar-refractivity contribution < 1.29 is 13.2 Å². The van der Waals surface area contributed by atoms with Crippen molar-refractivity contribution in [2.45, 2.75) is 29.4 Å². The monoisotopic (exact) mass is 278 g/mol. The summed E-state index contributed by atoms with van der Waals surface area (Å²) in [6, 6.07) is 7.58. The first kappa shape index (κ1) is 13.6. The van der Waals surface area contributed by atoms with Crippen molar-refractivity contribution >= 4 is 15.7 Å². The maximum absolute atomic E-state index is 12.4. The summed E-state index contributed by atoms with van der Waals surface area (Å²) in [4.78, 5) is 11.9. The molecule has 19 heavy (non-hydrogen) atoms. The molecule has 1 unspecified atom stereocenters. The van der Waals surface area contributed by atoms with Gasteiger partial charge in [0.05, 0.1) is 16.5 Å². The van der Waals surface area contributed by atoms with Crippen LogP contribution in [0, 0.1) is 11.3 Å². The highest BCUT2D eigenvalue weighted by atomic mass is 32.2. The summed E-state index contributed by atoms with van der Waals surface area (Å²) in [6.07, 6.45) is 1.85. The summed E-state index contributed by atoms with van der Waals surface area (Å²) in [5.74, 6) is -0.429. The number of nitriles is 1. The lowest BCUT2D eigenvalue weighted by Gasteiger charge is -2.14. The normalized spacial score (nSPS) is 20.2. The minimum absolute atomic E-state index is 0.0912. The van der Waals surface area contributed by atoms with Crippen LogP contribution in [0.2, 0.25) is 0 Å². The van der Waals surface area contributed by atoms with Gasteiger partial charge >= 0.3 is 0 Å². The fourth-order valence-corrected chi connectivity index (χ4v) is 3.78. The zero-order chi connectivity index (χ0) is 13.9. The lowest BCUT2D eigenvalue weighted by atomic mass is 10.2. The molecular formula is C13H14N2O3S. The lowest BCUT2D eigenvalue weighted by molar-refractivity contribution is -0.120. The molecule has 1 N–H and O–H groups in total. The summed E-state index contributed by atoms with van der Waals surface area (Å²) in [6.45, 7) is 0.526. The number of carbonyl (C=O) groups is 1. The van der Waals surface area contributed by atoms with E-state index in [1.54, 1.807) is 0 Å². The van der Waals surface area contributed by atoms with Crippen LogP contribution in [0.5, 0.6) is 0 Å². The Morgan fingerprint density at radius 2 is 1.89 bits per heavy atom. The Morgan fingerprint density at radius 3 is 2.53 bits per heavy atom. The van der Waals surface area contributed by atoms with E-state index in [1.165, 1.54) is 24.3 Å². The van der Waals surface area contributed by atoms with Gasteiger partial charge in [-0.2, -0.15) is 5.26 Å². The quantitative estimate of drug-likeness (QED) is 0.874. The second kappa shape index (κ2) is 5.41. The van der Waals surface area contributed by atoms with Crippen LogP contribution in [0.15, 0.2) is 29.2 Å². The minimum atomic E-state index is -3.68. The van der Waals surface area contributed by atoms with E-state index in [4.69, 9.17) is 5.26 Å². The maximum Gasteiger partial charge on any atom is 0.238 e. The molecule has 100 valence electrons. The molecule has 1 amide bonds. The molecule has 0 radical (unpaired) electrons. The predicted octanol–water partition coefficient (Wildman–Crippen LogP) is 1.00. The molecule has 0 aromatic heterocycles. The first-order valence-corrected chi connectivity index (χ1v) is 7.62. The van der Waals surface area contributed by atoms with Crippen LogP contribution in [-0.4, -0.2) is 26.1 Å². The zero-order valence-electron chi connectivity index (χ0n) is 10.3. The molecule has 1 heterocycles. The summed E-state index contributed by atoms with van der Waals surface area (Å²) < 4.78 is 24.8. The largest absolute Gasteiger partial charge is 0.355 e. The smallest absolute Gasteiger partial charge is 0.238 e. The van der Waals surface area contributed by atoms with E-state index >= 15 is 0 Å². The summed E-state index contributed by atoms with van der Waals surface area (Å²) in [5, 5.41) is 10.3. The molecule has 0 aliphatic carbocycles. The number of nitrogens with one attached hydrogen (secondary N) is 1. The van der Waals surface area contributed by atoms with E-state index in [0.717, 1.165) is 6.42 Å². The Morgan fingerprint density at radius 1 is 1.21 bits per heavy atom. The van der Waals surface area contributed by atoms with Gasteiger partial charge in [0.25, 0.3) is 0 Å². The van der Waals surface area contributed by atoms with Gasteiger partial charge in [-0.05, 0) is 43.5 Å². The molecule has 1 aliphatic heterocycles. The van der Waals surface area contributed by atoms with E-state index in [9.17, 15) is 13.2 Å². The van der Waals surface area contributed by atoms with Gasteiger partial charge in [0.2, 0.25) is 5.91 Å². The molecule has 1 atom stereocenters. The molecule has 1 aliphatic rings. The second-order valence-corrected chi connectivity index (χ2v) is 6.59. The minimum Gasteiger partial charge on any atom is -0.355 e. The van der Waals surface area contributed by atoms with Crippen molar-refractivity contribution in [2.75, 3.05) is 6.54 Å². The first-order chi connectivity index (χ1) is 9.05. The van der Waals surface area contributed by atoms with E-state index in [2.05, 4.69) is 5.32 Å². The lowest BCUT2D eigenvalue weighted by Crippen LogP contribution is -2.38. The molecule has 1 aromatic rings. The maximum atomic E-state index is 12.4. The highest BCUT2D eigenvalue weighted by Crippen LogP contribution is 2.22. The molecule has 5 nitrogen and oxygen atoms in total. The van der Waals surface area contributed by atoms with Gasteiger partial charge in [-0.3, -0.25) is 4.79 Å². The molecule has 1 saturated heterocycles. The van der Waals surface area contributed by atoms with Crippen molar-refractivity contribution in [2.24, 2.45) is 0 Å². The summed E-state index contributed by atoms with van der Waals surface area (Å²) in [5.41, 5.74) is 0.393.